The third kappa shape index (κ3) is 19.5. The minimum atomic E-state index is -3.57. The molecule has 0 amide bonds. The standard InChI is InChI=1S/C24H26N4O4S2.C18H19ClN2O4S2.C6H8N2/c1-32-23(29)22(28-34(2,30)31)14-16-10-12-17(13-11-16)18-6-5-7-19(15-18)26-24(33)27-21-9-4-3-8-20(21)25;1-25-17(22)16(21-27(2,23)24)10-12-6-8-13(9-7-12)14-4-3-5-15(11-14)20-18(19)26;7-5-3-1-2-4-6(5)8/h3-13,15,22,28H,14,25H2,1-2H3,(H2,26,27,33);3-9,11,16,21H,10H2,1-2H3,(H,20,26);1-4H,7-8H2/t22-;16-;/m00./s1. The Kier molecular flexibility index (Phi) is 20.9. The zero-order valence-corrected chi connectivity index (χ0v) is 42.0. The summed E-state index contributed by atoms with van der Waals surface area (Å²) >= 11 is 15.9. The first kappa shape index (κ1) is 55.0. The number of carbonyl (C=O) groups is 2. The van der Waals surface area contributed by atoms with Gasteiger partial charge in [0, 0.05) is 11.4 Å². The largest absolute Gasteiger partial charge is 0.468 e. The minimum absolute atomic E-state index is 0.162. The number of halogens is 1. The van der Waals surface area contributed by atoms with Gasteiger partial charge in [-0.15, -0.1) is 0 Å². The summed E-state index contributed by atoms with van der Waals surface area (Å²) in [7, 11) is -4.67. The Morgan fingerprint density at radius 1 is 0.536 bits per heavy atom. The molecule has 0 aliphatic rings. The van der Waals surface area contributed by atoms with Crippen LogP contribution in [0.2, 0.25) is 0 Å². The number of nitrogens with two attached hydrogens (primary N) is 3. The van der Waals surface area contributed by atoms with Crippen LogP contribution < -0.4 is 42.6 Å². The summed E-state index contributed by atoms with van der Waals surface area (Å²) in [5.74, 6) is -1.28. The van der Waals surface area contributed by atoms with E-state index < -0.39 is 44.1 Å². The topological polar surface area (TPSA) is 259 Å². The van der Waals surface area contributed by atoms with E-state index >= 15 is 0 Å². The summed E-state index contributed by atoms with van der Waals surface area (Å²) in [5.41, 5.74) is 26.3. The highest BCUT2D eigenvalue weighted by molar-refractivity contribution is 7.89. The average Bonchev–Trinajstić information content (AvgIpc) is 3.30. The lowest BCUT2D eigenvalue weighted by Gasteiger charge is -2.15. The predicted molar refractivity (Wildman–Crippen MR) is 287 cm³/mol. The van der Waals surface area contributed by atoms with Crippen molar-refractivity contribution in [2.24, 2.45) is 0 Å². The van der Waals surface area contributed by atoms with E-state index in [4.69, 9.17) is 58.0 Å². The van der Waals surface area contributed by atoms with E-state index in [-0.39, 0.29) is 17.3 Å². The number of rotatable bonds is 15. The van der Waals surface area contributed by atoms with Crippen molar-refractivity contribution in [3.05, 3.63) is 157 Å². The van der Waals surface area contributed by atoms with Crippen molar-refractivity contribution in [1.82, 2.24) is 9.44 Å². The molecular weight excluding hydrogens is 980 g/mol. The van der Waals surface area contributed by atoms with Gasteiger partial charge in [-0.1, -0.05) is 109 Å². The molecular formula is C48H53ClN8O8S4. The second-order valence-electron chi connectivity index (χ2n) is 15.1. The van der Waals surface area contributed by atoms with Gasteiger partial charge in [0.1, 0.15) is 12.1 Å². The molecule has 0 aliphatic heterocycles. The van der Waals surface area contributed by atoms with Crippen LogP contribution >= 0.6 is 36.0 Å². The lowest BCUT2D eigenvalue weighted by Crippen LogP contribution is -2.42. The summed E-state index contributed by atoms with van der Waals surface area (Å²) in [5, 5.41) is 9.52. The molecule has 0 aliphatic carbocycles. The second-order valence-corrected chi connectivity index (χ2v) is 20.1. The Labute approximate surface area is 418 Å². The molecule has 69 heavy (non-hydrogen) atoms. The second kappa shape index (κ2) is 26.2. The number of nitrogen functional groups attached to an aromatic ring is 3. The quantitative estimate of drug-likeness (QED) is 0.0167. The number of benzene rings is 6. The van der Waals surface area contributed by atoms with Crippen LogP contribution in [0, 0.1) is 0 Å². The van der Waals surface area contributed by atoms with Crippen LogP contribution in [0.25, 0.3) is 22.3 Å². The first-order valence-corrected chi connectivity index (χ1v) is 25.6. The van der Waals surface area contributed by atoms with Gasteiger partial charge in [-0.2, -0.15) is 0 Å². The number of para-hydroxylation sites is 4. The Morgan fingerprint density at radius 3 is 1.29 bits per heavy atom. The zero-order chi connectivity index (χ0) is 50.7. The van der Waals surface area contributed by atoms with Crippen molar-refractivity contribution in [1.29, 1.82) is 0 Å². The predicted octanol–water partition coefficient (Wildman–Crippen LogP) is 7.15. The Balaban J connectivity index is 0.000000263. The molecule has 21 heteroatoms. The van der Waals surface area contributed by atoms with Crippen molar-refractivity contribution >= 4 is 112 Å². The third-order valence-electron chi connectivity index (χ3n) is 9.57. The minimum Gasteiger partial charge on any atom is -0.468 e. The molecule has 364 valence electrons. The SMILES string of the molecule is COC(=O)[C@H](Cc1ccc(-c2cccc(NC(=S)Cl)c2)cc1)NS(C)(=O)=O.COC(=O)[C@H](Cc1ccc(-c2cccc(NC(=S)Nc3ccccc3N)c2)cc1)NS(C)(=O)=O.Nc1ccccc1N. The van der Waals surface area contributed by atoms with Crippen molar-refractivity contribution in [3.63, 3.8) is 0 Å². The molecule has 16 nitrogen and oxygen atoms in total. The number of sulfonamides is 2. The van der Waals surface area contributed by atoms with Crippen LogP contribution in [0.5, 0.6) is 0 Å². The maximum absolute atomic E-state index is 12.0. The van der Waals surface area contributed by atoms with Crippen LogP contribution in [-0.4, -0.2) is 77.1 Å². The molecule has 2 atom stereocenters. The number of methoxy groups -OCH3 is 2. The van der Waals surface area contributed by atoms with Crippen LogP contribution in [0.1, 0.15) is 11.1 Å². The maximum atomic E-state index is 12.0. The maximum Gasteiger partial charge on any atom is 0.324 e. The normalized spacial score (nSPS) is 11.7. The number of nitrogens with one attached hydrogen (secondary N) is 5. The molecule has 0 saturated carbocycles. The smallest absolute Gasteiger partial charge is 0.324 e. The third-order valence-corrected chi connectivity index (χ3v) is 11.4. The number of ether oxygens (including phenoxy) is 2. The molecule has 0 bridgehead atoms. The summed E-state index contributed by atoms with van der Waals surface area (Å²) in [6.07, 6.45) is 2.36. The fourth-order valence-corrected chi connectivity index (χ4v) is 8.21. The molecule has 0 aromatic heterocycles. The van der Waals surface area contributed by atoms with E-state index in [9.17, 15) is 26.4 Å². The van der Waals surface area contributed by atoms with Crippen LogP contribution in [0.4, 0.5) is 34.1 Å². The first-order valence-electron chi connectivity index (χ1n) is 20.6. The van der Waals surface area contributed by atoms with Crippen LogP contribution in [0.3, 0.4) is 0 Å². The van der Waals surface area contributed by atoms with Gasteiger partial charge in [0.2, 0.25) is 20.0 Å². The van der Waals surface area contributed by atoms with E-state index in [0.717, 1.165) is 63.0 Å². The number of carbonyl (C=O) groups excluding carboxylic acids is 2. The number of esters is 2. The van der Waals surface area contributed by atoms with Gasteiger partial charge in [-0.3, -0.25) is 9.59 Å². The van der Waals surface area contributed by atoms with Crippen molar-refractivity contribution < 1.29 is 35.9 Å². The highest BCUT2D eigenvalue weighted by atomic mass is 35.5. The molecule has 0 fully saturated rings. The summed E-state index contributed by atoms with van der Waals surface area (Å²) in [4.78, 5) is 23.8. The van der Waals surface area contributed by atoms with Gasteiger partial charge >= 0.3 is 11.9 Å². The number of hydrogen-bond donors (Lipinski definition) is 8. The summed E-state index contributed by atoms with van der Waals surface area (Å²) in [6, 6.07) is 42.9. The van der Waals surface area contributed by atoms with E-state index in [2.05, 4.69) is 30.1 Å². The van der Waals surface area contributed by atoms with E-state index in [1.807, 2.05) is 127 Å². The van der Waals surface area contributed by atoms with Crippen LogP contribution in [-0.2, 0) is 52.0 Å². The molecule has 0 saturated heterocycles. The Bertz CT molecular complexity index is 2930. The van der Waals surface area contributed by atoms with Crippen LogP contribution in [0.15, 0.2) is 146 Å². The van der Waals surface area contributed by atoms with E-state index in [1.165, 1.54) is 14.2 Å². The monoisotopic (exact) mass is 1030 g/mol. The lowest BCUT2D eigenvalue weighted by atomic mass is 10.0. The summed E-state index contributed by atoms with van der Waals surface area (Å²) < 4.78 is 60.2. The van der Waals surface area contributed by atoms with Gasteiger partial charge in [0.15, 0.2) is 9.56 Å². The van der Waals surface area contributed by atoms with Gasteiger partial charge in [-0.05, 0) is 119 Å². The molecule has 6 aromatic rings. The highest BCUT2D eigenvalue weighted by Crippen LogP contribution is 2.26. The number of hydrogen-bond acceptors (Lipinski definition) is 13. The number of anilines is 6. The Hall–Kier alpha value is -6.65. The fourth-order valence-electron chi connectivity index (χ4n) is 6.36. The van der Waals surface area contributed by atoms with E-state index in [0.29, 0.717) is 22.2 Å². The zero-order valence-electron chi connectivity index (χ0n) is 37.9. The lowest BCUT2D eigenvalue weighted by molar-refractivity contribution is -0.143. The molecule has 6 aromatic carbocycles. The van der Waals surface area contributed by atoms with Gasteiger partial charge in [0.25, 0.3) is 0 Å². The average molecular weight is 1030 g/mol. The highest BCUT2D eigenvalue weighted by Gasteiger charge is 2.24. The molecule has 0 heterocycles. The number of thiocarbonyl (C=S) groups is 2. The van der Waals surface area contributed by atoms with Gasteiger partial charge in [-0.25, -0.2) is 26.3 Å². The first-order chi connectivity index (χ1) is 32.6. The van der Waals surface area contributed by atoms with Crippen molar-refractivity contribution in [3.8, 4) is 22.3 Å². The molecule has 0 unspecified atom stereocenters. The molecule has 0 radical (unpaired) electrons. The van der Waals surface area contributed by atoms with Crippen molar-refractivity contribution in [2.75, 3.05) is 59.9 Å². The summed E-state index contributed by atoms with van der Waals surface area (Å²) in [6.45, 7) is 0. The molecule has 6 rings (SSSR count). The Morgan fingerprint density at radius 2 is 0.928 bits per heavy atom. The van der Waals surface area contributed by atoms with Gasteiger partial charge in [0.05, 0.1) is 49.5 Å². The van der Waals surface area contributed by atoms with Gasteiger partial charge < -0.3 is 42.6 Å². The molecule has 11 N–H and O–H groups in total. The van der Waals surface area contributed by atoms with E-state index in [1.54, 1.807) is 18.2 Å². The molecule has 0 spiro atoms. The fraction of sp³-hybridized carbons (Fsp3) is 0.167. The van der Waals surface area contributed by atoms with Crippen molar-refractivity contribution in [2.45, 2.75) is 24.9 Å².